The second-order valence-corrected chi connectivity index (χ2v) is 7.54. The minimum atomic E-state index is -0.694. The zero-order valence-corrected chi connectivity index (χ0v) is 15.6. The lowest BCUT2D eigenvalue weighted by molar-refractivity contribution is -0.230. The van der Waals surface area contributed by atoms with Gasteiger partial charge in [-0.05, 0) is 32.8 Å². The number of aliphatic hydroxyl groups is 1. The molecule has 5 atom stereocenters. The molecule has 0 aromatic heterocycles. The zero-order chi connectivity index (χ0) is 18.0. The van der Waals surface area contributed by atoms with Crippen molar-refractivity contribution in [2.24, 2.45) is 0 Å². The van der Waals surface area contributed by atoms with Gasteiger partial charge in [0.05, 0.1) is 12.7 Å². The monoisotopic (exact) mass is 350 g/mol. The van der Waals surface area contributed by atoms with E-state index in [4.69, 9.17) is 18.9 Å². The van der Waals surface area contributed by atoms with Gasteiger partial charge in [-0.2, -0.15) is 0 Å². The lowest BCUT2D eigenvalue weighted by atomic mass is 10.0. The summed E-state index contributed by atoms with van der Waals surface area (Å²) in [7, 11) is 0. The number of aliphatic hydroxyl groups excluding tert-OH is 1. The van der Waals surface area contributed by atoms with Gasteiger partial charge in [0.15, 0.2) is 12.1 Å². The van der Waals surface area contributed by atoms with Crippen molar-refractivity contribution >= 4 is 0 Å². The number of benzene rings is 1. The van der Waals surface area contributed by atoms with Crippen molar-refractivity contribution in [1.82, 2.24) is 0 Å². The van der Waals surface area contributed by atoms with Crippen molar-refractivity contribution in [1.29, 1.82) is 0 Å². The van der Waals surface area contributed by atoms with Gasteiger partial charge in [-0.25, -0.2) is 0 Å². The van der Waals surface area contributed by atoms with E-state index in [-0.39, 0.29) is 12.2 Å². The minimum Gasteiger partial charge on any atom is -0.390 e. The number of aryl methyl sites for hydroxylation is 1. The standard InChI is InChI=1S/C20H30O5/c1-5-6-7-15(21)16-17(18-19(23-16)25-20(3,4)24-18)22-12-14-10-8-13(2)9-11-14/h8-11,15-19,21H,5-7,12H2,1-4H3/t15-,16+,17-,18+,19+/m0/s1. The highest BCUT2D eigenvalue weighted by atomic mass is 16.8. The fourth-order valence-electron chi connectivity index (χ4n) is 3.46. The van der Waals surface area contributed by atoms with E-state index in [0.717, 1.165) is 18.4 Å². The van der Waals surface area contributed by atoms with E-state index in [1.807, 2.05) is 13.8 Å². The van der Waals surface area contributed by atoms with E-state index < -0.39 is 24.3 Å². The lowest BCUT2D eigenvalue weighted by Crippen LogP contribution is -2.42. The molecule has 140 valence electrons. The van der Waals surface area contributed by atoms with Crippen molar-refractivity contribution < 1.29 is 24.1 Å². The first-order valence-electron chi connectivity index (χ1n) is 9.26. The van der Waals surface area contributed by atoms with Crippen LogP contribution in [0.5, 0.6) is 0 Å². The summed E-state index contributed by atoms with van der Waals surface area (Å²) in [6.07, 6.45) is 0.515. The van der Waals surface area contributed by atoms with Crippen LogP contribution in [0.1, 0.15) is 51.2 Å². The highest BCUT2D eigenvalue weighted by Crippen LogP contribution is 2.40. The van der Waals surface area contributed by atoms with Gasteiger partial charge in [0.25, 0.3) is 0 Å². The zero-order valence-electron chi connectivity index (χ0n) is 15.6. The summed E-state index contributed by atoms with van der Waals surface area (Å²) in [6, 6.07) is 8.25. The summed E-state index contributed by atoms with van der Waals surface area (Å²) in [5, 5.41) is 10.6. The Bertz CT molecular complexity index is 556. The van der Waals surface area contributed by atoms with Gasteiger partial charge in [-0.3, -0.25) is 0 Å². The Hall–Kier alpha value is -0.980. The molecule has 0 unspecified atom stereocenters. The van der Waals surface area contributed by atoms with Crippen molar-refractivity contribution in [3.05, 3.63) is 35.4 Å². The molecule has 0 bridgehead atoms. The Labute approximate surface area is 150 Å². The second kappa shape index (κ2) is 7.72. The van der Waals surface area contributed by atoms with E-state index in [9.17, 15) is 5.11 Å². The van der Waals surface area contributed by atoms with E-state index in [2.05, 4.69) is 38.1 Å². The summed E-state index contributed by atoms with van der Waals surface area (Å²) in [6.45, 7) is 8.36. The summed E-state index contributed by atoms with van der Waals surface area (Å²) < 4.78 is 24.0. The van der Waals surface area contributed by atoms with Crippen LogP contribution in [-0.4, -0.2) is 41.6 Å². The van der Waals surface area contributed by atoms with Gasteiger partial charge in [-0.1, -0.05) is 49.6 Å². The van der Waals surface area contributed by atoms with Crippen LogP contribution in [0.4, 0.5) is 0 Å². The van der Waals surface area contributed by atoms with Gasteiger partial charge in [0.2, 0.25) is 0 Å². The Kier molecular flexibility index (Phi) is 5.81. The molecular formula is C20H30O5. The molecule has 0 amide bonds. The Morgan fingerprint density at radius 2 is 1.92 bits per heavy atom. The summed E-state index contributed by atoms with van der Waals surface area (Å²) >= 11 is 0. The Morgan fingerprint density at radius 1 is 1.20 bits per heavy atom. The molecule has 25 heavy (non-hydrogen) atoms. The first-order chi connectivity index (χ1) is 11.9. The molecule has 0 radical (unpaired) electrons. The Morgan fingerprint density at radius 3 is 2.60 bits per heavy atom. The molecule has 1 N–H and O–H groups in total. The summed E-state index contributed by atoms with van der Waals surface area (Å²) in [4.78, 5) is 0. The van der Waals surface area contributed by atoms with Crippen molar-refractivity contribution in [3.8, 4) is 0 Å². The van der Waals surface area contributed by atoms with Gasteiger partial charge >= 0.3 is 0 Å². The predicted molar refractivity (Wildman–Crippen MR) is 94.0 cm³/mol. The molecule has 0 saturated carbocycles. The topological polar surface area (TPSA) is 57.2 Å². The summed E-state index contributed by atoms with van der Waals surface area (Å²) in [5.74, 6) is -0.694. The van der Waals surface area contributed by atoms with Crippen LogP contribution >= 0.6 is 0 Å². The normalized spacial score (nSPS) is 31.9. The predicted octanol–water partition coefficient (Wildman–Crippen LogP) is 3.31. The van der Waals surface area contributed by atoms with Crippen LogP contribution in [0.15, 0.2) is 24.3 Å². The first kappa shape index (κ1) is 18.8. The molecule has 5 heteroatoms. The number of ether oxygens (including phenoxy) is 4. The average Bonchev–Trinajstić information content (AvgIpc) is 3.04. The maximum atomic E-state index is 10.6. The SMILES string of the molecule is CCCC[C@H](O)[C@H]1O[C@@H]2OC(C)(C)O[C@@H]2[C@H]1OCc1ccc(C)cc1. The van der Waals surface area contributed by atoms with Gasteiger partial charge in [-0.15, -0.1) is 0 Å². The van der Waals surface area contributed by atoms with E-state index in [1.165, 1.54) is 5.56 Å². The molecule has 2 heterocycles. The molecule has 2 saturated heterocycles. The van der Waals surface area contributed by atoms with Crippen molar-refractivity contribution in [2.45, 2.75) is 90.1 Å². The molecule has 3 rings (SSSR count). The van der Waals surface area contributed by atoms with Crippen LogP contribution in [0.3, 0.4) is 0 Å². The van der Waals surface area contributed by atoms with Crippen LogP contribution in [0, 0.1) is 6.92 Å². The van der Waals surface area contributed by atoms with Crippen molar-refractivity contribution in [2.75, 3.05) is 0 Å². The highest BCUT2D eigenvalue weighted by Gasteiger charge is 2.56. The number of rotatable bonds is 7. The van der Waals surface area contributed by atoms with Crippen LogP contribution in [0.25, 0.3) is 0 Å². The molecule has 0 aliphatic carbocycles. The van der Waals surface area contributed by atoms with Crippen LogP contribution in [0.2, 0.25) is 0 Å². The smallest absolute Gasteiger partial charge is 0.190 e. The van der Waals surface area contributed by atoms with E-state index in [1.54, 1.807) is 0 Å². The van der Waals surface area contributed by atoms with Gasteiger partial charge in [0.1, 0.15) is 18.3 Å². The number of hydrogen-bond donors (Lipinski definition) is 1. The second-order valence-electron chi connectivity index (χ2n) is 7.54. The highest BCUT2D eigenvalue weighted by molar-refractivity contribution is 5.20. The largest absolute Gasteiger partial charge is 0.390 e. The first-order valence-corrected chi connectivity index (χ1v) is 9.26. The quantitative estimate of drug-likeness (QED) is 0.818. The molecule has 1 aromatic rings. The fourth-order valence-corrected chi connectivity index (χ4v) is 3.46. The Balaban J connectivity index is 1.69. The third-order valence-electron chi connectivity index (χ3n) is 4.82. The number of hydrogen-bond acceptors (Lipinski definition) is 5. The van der Waals surface area contributed by atoms with Crippen molar-refractivity contribution in [3.63, 3.8) is 0 Å². The maximum Gasteiger partial charge on any atom is 0.190 e. The average molecular weight is 350 g/mol. The summed E-state index contributed by atoms with van der Waals surface area (Å²) in [5.41, 5.74) is 2.31. The van der Waals surface area contributed by atoms with Crippen LogP contribution in [-0.2, 0) is 25.6 Å². The molecule has 1 aromatic carbocycles. The maximum absolute atomic E-state index is 10.6. The number of fused-ring (bicyclic) bond motifs is 1. The lowest BCUT2D eigenvalue weighted by Gasteiger charge is -2.28. The molecule has 5 nitrogen and oxygen atoms in total. The number of unbranched alkanes of at least 4 members (excludes halogenated alkanes) is 1. The third-order valence-corrected chi connectivity index (χ3v) is 4.82. The van der Waals surface area contributed by atoms with E-state index >= 15 is 0 Å². The molecule has 2 fully saturated rings. The fraction of sp³-hybridized carbons (Fsp3) is 0.700. The molecular weight excluding hydrogens is 320 g/mol. The minimum absolute atomic E-state index is 0.318. The third kappa shape index (κ3) is 4.41. The molecule has 2 aliphatic rings. The van der Waals surface area contributed by atoms with Crippen LogP contribution < -0.4 is 0 Å². The molecule has 0 spiro atoms. The van der Waals surface area contributed by atoms with Gasteiger partial charge < -0.3 is 24.1 Å². The van der Waals surface area contributed by atoms with Gasteiger partial charge in [0, 0.05) is 0 Å². The van der Waals surface area contributed by atoms with E-state index in [0.29, 0.717) is 13.0 Å². The molecule has 2 aliphatic heterocycles.